The van der Waals surface area contributed by atoms with Gasteiger partial charge in [-0.25, -0.2) is 0 Å². The first-order valence-corrected chi connectivity index (χ1v) is 6.80. The summed E-state index contributed by atoms with van der Waals surface area (Å²) in [6, 6.07) is -0.623. The Morgan fingerprint density at radius 1 is 1.05 bits per heavy atom. The van der Waals surface area contributed by atoms with Gasteiger partial charge in [0.25, 0.3) is 0 Å². The molecule has 0 saturated heterocycles. The van der Waals surface area contributed by atoms with Crippen LogP contribution in [0.25, 0.3) is 0 Å². The van der Waals surface area contributed by atoms with Crippen molar-refractivity contribution in [3.63, 3.8) is 0 Å². The highest BCUT2D eigenvalue weighted by atomic mass is 16.2. The number of likely N-dealkylation sites (N-methyl/N-ethyl adjacent to an activating group) is 1. The largest absolute Gasteiger partial charge is 0.352 e. The number of amides is 3. The van der Waals surface area contributed by atoms with E-state index in [1.165, 1.54) is 4.90 Å². The molecule has 0 radical (unpaired) electrons. The Balaban J connectivity index is 4.44. The van der Waals surface area contributed by atoms with Crippen molar-refractivity contribution in [1.29, 1.82) is 0 Å². The number of hydrogen-bond donors (Lipinski definition) is 2. The van der Waals surface area contributed by atoms with Gasteiger partial charge in [0.2, 0.25) is 17.7 Å². The number of carbonyl (C=O) groups excluding carboxylic acids is 3. The van der Waals surface area contributed by atoms with Crippen molar-refractivity contribution in [3.05, 3.63) is 0 Å². The maximum atomic E-state index is 12.1. The molecule has 0 heterocycles. The molecule has 0 aromatic rings. The Labute approximate surface area is 121 Å². The van der Waals surface area contributed by atoms with Crippen LogP contribution in [0.15, 0.2) is 0 Å². The van der Waals surface area contributed by atoms with Crippen LogP contribution in [-0.4, -0.2) is 48.3 Å². The fourth-order valence-corrected chi connectivity index (χ4v) is 1.47. The zero-order valence-electron chi connectivity index (χ0n) is 13.5. The smallest absolute Gasteiger partial charge is 0.245 e. The number of carbonyl (C=O) groups is 3. The zero-order chi connectivity index (χ0) is 16.1. The van der Waals surface area contributed by atoms with Crippen molar-refractivity contribution in [2.45, 2.75) is 53.6 Å². The van der Waals surface area contributed by atoms with Gasteiger partial charge in [0, 0.05) is 18.5 Å². The van der Waals surface area contributed by atoms with E-state index in [0.717, 1.165) is 0 Å². The first kappa shape index (κ1) is 18.4. The Morgan fingerprint density at radius 2 is 1.55 bits per heavy atom. The van der Waals surface area contributed by atoms with Crippen molar-refractivity contribution >= 4 is 17.7 Å². The Kier molecular flexibility index (Phi) is 6.68. The zero-order valence-corrected chi connectivity index (χ0v) is 13.5. The molecule has 116 valence electrons. The molecule has 0 bridgehead atoms. The summed E-state index contributed by atoms with van der Waals surface area (Å²) in [6.07, 6.45) is 0. The summed E-state index contributed by atoms with van der Waals surface area (Å²) < 4.78 is 0. The maximum absolute atomic E-state index is 12.1. The molecule has 1 atom stereocenters. The maximum Gasteiger partial charge on any atom is 0.245 e. The molecule has 0 aliphatic heterocycles. The fourth-order valence-electron chi connectivity index (χ4n) is 1.47. The molecule has 0 saturated carbocycles. The van der Waals surface area contributed by atoms with Crippen LogP contribution >= 0.6 is 0 Å². The second-order valence-electron chi connectivity index (χ2n) is 6.36. The average Bonchev–Trinajstić information content (AvgIpc) is 2.24. The highest BCUT2D eigenvalue weighted by molar-refractivity contribution is 5.91. The van der Waals surface area contributed by atoms with Gasteiger partial charge < -0.3 is 15.5 Å². The van der Waals surface area contributed by atoms with E-state index in [-0.39, 0.29) is 30.3 Å². The molecule has 6 heteroatoms. The lowest BCUT2D eigenvalue weighted by atomic mass is 9.95. The van der Waals surface area contributed by atoms with Crippen molar-refractivity contribution in [3.8, 4) is 0 Å². The number of rotatable bonds is 5. The lowest BCUT2D eigenvalue weighted by Crippen LogP contribution is -2.50. The predicted molar refractivity (Wildman–Crippen MR) is 78.0 cm³/mol. The molecule has 0 aliphatic rings. The van der Waals surface area contributed by atoms with E-state index >= 15 is 0 Å². The minimum absolute atomic E-state index is 0.0211. The van der Waals surface area contributed by atoms with Crippen molar-refractivity contribution in [2.75, 3.05) is 13.6 Å². The van der Waals surface area contributed by atoms with E-state index in [0.29, 0.717) is 0 Å². The molecule has 0 aliphatic carbocycles. The Bertz CT molecular complexity index is 372. The molecule has 3 amide bonds. The quantitative estimate of drug-likeness (QED) is 0.773. The Hall–Kier alpha value is -1.59. The third kappa shape index (κ3) is 6.54. The second-order valence-corrected chi connectivity index (χ2v) is 6.36. The van der Waals surface area contributed by atoms with E-state index in [9.17, 15) is 14.4 Å². The first-order valence-electron chi connectivity index (χ1n) is 6.80. The molecule has 0 spiro atoms. The lowest BCUT2D eigenvalue weighted by molar-refractivity contribution is -0.139. The van der Waals surface area contributed by atoms with Crippen LogP contribution < -0.4 is 10.6 Å². The molecule has 2 N–H and O–H groups in total. The number of nitrogens with one attached hydrogen (secondary N) is 2. The minimum atomic E-state index is -0.654. The normalized spacial score (nSPS) is 12.8. The molecule has 20 heavy (non-hydrogen) atoms. The van der Waals surface area contributed by atoms with Gasteiger partial charge in [-0.05, 0) is 20.8 Å². The summed E-state index contributed by atoms with van der Waals surface area (Å²) in [5.41, 5.74) is -0.553. The monoisotopic (exact) mass is 285 g/mol. The fraction of sp³-hybridized carbons (Fsp3) is 0.786. The van der Waals surface area contributed by atoms with Crippen LogP contribution in [0.3, 0.4) is 0 Å². The van der Waals surface area contributed by atoms with Crippen molar-refractivity contribution in [2.24, 2.45) is 5.41 Å². The average molecular weight is 285 g/mol. The molecule has 0 aromatic carbocycles. The summed E-state index contributed by atoms with van der Waals surface area (Å²) in [5, 5.41) is 5.36. The van der Waals surface area contributed by atoms with Crippen molar-refractivity contribution in [1.82, 2.24) is 15.5 Å². The molecular weight excluding hydrogens is 258 g/mol. The number of hydrogen-bond acceptors (Lipinski definition) is 3. The van der Waals surface area contributed by atoms with E-state index in [4.69, 9.17) is 0 Å². The molecule has 0 fully saturated rings. The van der Waals surface area contributed by atoms with Gasteiger partial charge in [0.15, 0.2) is 0 Å². The van der Waals surface area contributed by atoms with Gasteiger partial charge in [-0.1, -0.05) is 20.8 Å². The van der Waals surface area contributed by atoms with Crippen LogP contribution in [0.1, 0.15) is 41.5 Å². The third-order valence-corrected chi connectivity index (χ3v) is 2.61. The first-order chi connectivity index (χ1) is 8.95. The summed E-state index contributed by atoms with van der Waals surface area (Å²) >= 11 is 0. The van der Waals surface area contributed by atoms with Gasteiger partial charge in [-0.2, -0.15) is 0 Å². The lowest BCUT2D eigenvalue weighted by Gasteiger charge is -2.25. The van der Waals surface area contributed by atoms with E-state index in [1.807, 2.05) is 13.8 Å². The second kappa shape index (κ2) is 7.26. The van der Waals surface area contributed by atoms with E-state index < -0.39 is 11.5 Å². The standard InChI is InChI=1S/C14H27N3O3/c1-9(2)15-11(18)8-17(7)12(19)10(3)16-13(20)14(4,5)6/h9-10H,8H2,1-7H3,(H,15,18)(H,16,20). The molecule has 0 rings (SSSR count). The third-order valence-electron chi connectivity index (χ3n) is 2.61. The van der Waals surface area contributed by atoms with Crippen LogP contribution in [0.5, 0.6) is 0 Å². The summed E-state index contributed by atoms with van der Waals surface area (Å²) in [4.78, 5) is 36.8. The molecule has 6 nitrogen and oxygen atoms in total. The van der Waals surface area contributed by atoms with Crippen LogP contribution in [0, 0.1) is 5.41 Å². The minimum Gasteiger partial charge on any atom is -0.352 e. The highest BCUT2D eigenvalue weighted by Crippen LogP contribution is 2.13. The van der Waals surface area contributed by atoms with Gasteiger partial charge >= 0.3 is 0 Å². The number of nitrogens with zero attached hydrogens (tertiary/aromatic N) is 1. The van der Waals surface area contributed by atoms with Crippen molar-refractivity contribution < 1.29 is 14.4 Å². The molecule has 0 aromatic heterocycles. The SMILES string of the molecule is CC(C)NC(=O)CN(C)C(=O)C(C)NC(=O)C(C)(C)C. The van der Waals surface area contributed by atoms with E-state index in [2.05, 4.69) is 10.6 Å². The summed E-state index contributed by atoms with van der Waals surface area (Å²) in [7, 11) is 1.54. The topological polar surface area (TPSA) is 78.5 Å². The highest BCUT2D eigenvalue weighted by Gasteiger charge is 2.26. The predicted octanol–water partition coefficient (Wildman–Crippen LogP) is 0.520. The molecule has 1 unspecified atom stereocenters. The van der Waals surface area contributed by atoms with Crippen LogP contribution in [0.2, 0.25) is 0 Å². The van der Waals surface area contributed by atoms with Gasteiger partial charge in [0.1, 0.15) is 6.04 Å². The van der Waals surface area contributed by atoms with E-state index in [1.54, 1.807) is 34.7 Å². The Morgan fingerprint density at radius 3 is 1.95 bits per heavy atom. The summed E-state index contributed by atoms with van der Waals surface area (Å²) in [6.45, 7) is 10.6. The van der Waals surface area contributed by atoms with Crippen LogP contribution in [-0.2, 0) is 14.4 Å². The van der Waals surface area contributed by atoms with Gasteiger partial charge in [-0.3, -0.25) is 14.4 Å². The van der Waals surface area contributed by atoms with Gasteiger partial charge in [0.05, 0.1) is 6.54 Å². The van der Waals surface area contributed by atoms with Crippen LogP contribution in [0.4, 0.5) is 0 Å². The summed E-state index contributed by atoms with van der Waals surface area (Å²) in [5.74, 6) is -0.704. The van der Waals surface area contributed by atoms with Gasteiger partial charge in [-0.15, -0.1) is 0 Å². The molecular formula is C14H27N3O3.